The summed E-state index contributed by atoms with van der Waals surface area (Å²) in [6, 6.07) is 18.2. The van der Waals surface area contributed by atoms with Crippen molar-refractivity contribution < 1.29 is 17.4 Å². The number of hydrogen-bond acceptors (Lipinski definition) is 0. The molecule has 0 radical (unpaired) electrons. The zero-order valence-electron chi connectivity index (χ0n) is 25.5. The molecule has 0 fully saturated rings. The maximum atomic E-state index is 2.82. The summed E-state index contributed by atoms with van der Waals surface area (Å²) in [6.45, 7) is 14.5. The number of fused-ring (bicyclic) bond motifs is 1. The van der Waals surface area contributed by atoms with E-state index >= 15 is 0 Å². The third-order valence-electron chi connectivity index (χ3n) is 9.12. The molecule has 4 heteroatoms. The minimum atomic E-state index is -3.51. The monoisotopic (exact) mass is 660 g/mol. The van der Waals surface area contributed by atoms with E-state index in [1.807, 2.05) is 14.4 Å². The molecule has 0 spiro atoms. The van der Waals surface area contributed by atoms with Crippen LogP contribution in [-0.4, -0.2) is 6.88 Å². The first-order chi connectivity index (χ1) is 17.7. The van der Waals surface area contributed by atoms with Gasteiger partial charge in [0.25, 0.3) is 0 Å². The third kappa shape index (κ3) is 6.40. The van der Waals surface area contributed by atoms with Gasteiger partial charge in [0.15, 0.2) is 0 Å². The van der Waals surface area contributed by atoms with Crippen molar-refractivity contribution in [3.8, 4) is 11.1 Å². The fraction of sp³-hybridized carbons (Fsp3) is 0.486. The second-order valence-electron chi connectivity index (χ2n) is 12.8. The molecule has 0 bridgehead atoms. The van der Waals surface area contributed by atoms with Gasteiger partial charge in [0.2, 0.25) is 0 Å². The van der Waals surface area contributed by atoms with Gasteiger partial charge in [-0.25, -0.2) is 0 Å². The predicted molar refractivity (Wildman–Crippen MR) is 180 cm³/mol. The molecular weight excluding hydrogens is 611 g/mol. The zero-order valence-corrected chi connectivity index (χ0v) is 31.0. The third-order valence-corrected chi connectivity index (χ3v) is 26.2. The largest absolute Gasteiger partial charge is 0.147 e. The molecule has 2 atom stereocenters. The fourth-order valence-corrected chi connectivity index (χ4v) is 28.4. The predicted octanol–water partition coefficient (Wildman–Crippen LogP) is 11.4. The molecule has 214 valence electrons. The van der Waals surface area contributed by atoms with E-state index in [0.29, 0.717) is 9.54 Å². The topological polar surface area (TPSA) is 0 Å². The van der Waals surface area contributed by atoms with Crippen LogP contribution in [-0.2, 0) is 17.4 Å². The first-order valence-corrected chi connectivity index (χ1v) is 28.6. The van der Waals surface area contributed by atoms with Crippen LogP contribution in [0.3, 0.4) is 0 Å². The Morgan fingerprint density at radius 2 is 1.36 bits per heavy atom. The van der Waals surface area contributed by atoms with Crippen LogP contribution in [0, 0.1) is 5.92 Å². The van der Waals surface area contributed by atoms with E-state index in [1.165, 1.54) is 68.1 Å². The molecule has 0 N–H and O–H groups in total. The van der Waals surface area contributed by atoms with E-state index in [2.05, 4.69) is 105 Å². The summed E-state index contributed by atoms with van der Waals surface area (Å²) in [7, 11) is 0. The van der Waals surface area contributed by atoms with Gasteiger partial charge in [-0.3, -0.25) is 0 Å². The SMILES string of the molecule is CCCC1=C(CCC)C(CCC)[C]([Zr]([CH3])([CH3])(=[SiH2])[CH]2C(C)=Cc3c(-c4ccccc4)cccc32)=C1CCC.Cl.Cl. The molecule has 0 amide bonds. The Kier molecular flexibility index (Phi) is 12.4. The van der Waals surface area contributed by atoms with Crippen molar-refractivity contribution >= 4 is 37.8 Å². The van der Waals surface area contributed by atoms with Gasteiger partial charge >= 0.3 is 232 Å². The molecule has 2 aliphatic carbocycles. The molecule has 39 heavy (non-hydrogen) atoms. The van der Waals surface area contributed by atoms with E-state index in [-0.39, 0.29) is 24.8 Å². The molecule has 2 aliphatic rings. The Bertz CT molecular complexity index is 1310. The minimum Gasteiger partial charge on any atom is -0.147 e. The Morgan fingerprint density at radius 3 is 1.95 bits per heavy atom. The summed E-state index contributed by atoms with van der Waals surface area (Å²) in [5, 5.41) is 0. The molecule has 0 nitrogen and oxygen atoms in total. The van der Waals surface area contributed by atoms with Gasteiger partial charge in [-0.2, -0.15) is 0 Å². The van der Waals surface area contributed by atoms with Crippen LogP contribution in [0.25, 0.3) is 17.2 Å². The molecule has 0 saturated heterocycles. The number of hydrogen-bond donors (Lipinski definition) is 0. The smallest absolute Gasteiger partial charge is 0.147 e. The van der Waals surface area contributed by atoms with Crippen molar-refractivity contribution in [3.63, 3.8) is 0 Å². The molecule has 0 heterocycles. The number of halogens is 2. The summed E-state index contributed by atoms with van der Waals surface area (Å²) in [4.78, 5) is 0. The van der Waals surface area contributed by atoms with Gasteiger partial charge in [0, 0.05) is 0 Å². The van der Waals surface area contributed by atoms with Crippen LogP contribution in [0.15, 0.2) is 74.1 Å². The van der Waals surface area contributed by atoms with Crippen molar-refractivity contribution in [1.82, 2.24) is 0 Å². The molecule has 0 saturated carbocycles. The van der Waals surface area contributed by atoms with E-state index in [4.69, 9.17) is 0 Å². The molecule has 0 aromatic heterocycles. The molecule has 2 aromatic rings. The standard InChI is InChI=1S/C17H29.C16H13.2CH3.2ClH.H2Si.Zr/c1-5-9-14-13-15(10-6-2)17(12-8-4)16(14)11-7-3;1-12-10-14-8-5-9-15(16(14)11-12)13-6-3-2-4-7-13;;;;;;/h14H,5-12H2,1-4H3;2-11H,1H3;2*1H3;2*1H;1H2;. The van der Waals surface area contributed by atoms with Gasteiger partial charge in [0.05, 0.1) is 0 Å². The van der Waals surface area contributed by atoms with Gasteiger partial charge in [0.1, 0.15) is 0 Å². The van der Waals surface area contributed by atoms with Crippen LogP contribution in [0.5, 0.6) is 0 Å². The van der Waals surface area contributed by atoms with E-state index in [0.717, 1.165) is 0 Å². The second kappa shape index (κ2) is 14.0. The normalized spacial score (nSPS) is 19.0. The maximum Gasteiger partial charge on any atom is -0.147 e. The summed E-state index contributed by atoms with van der Waals surface area (Å²) in [6.07, 6.45) is 12.8. The van der Waals surface area contributed by atoms with E-state index in [1.54, 1.807) is 16.7 Å². The van der Waals surface area contributed by atoms with Gasteiger partial charge in [-0.1, -0.05) is 0 Å². The number of rotatable bonds is 11. The summed E-state index contributed by atoms with van der Waals surface area (Å²) < 4.78 is 8.23. The van der Waals surface area contributed by atoms with Crippen LogP contribution in [0.2, 0.25) is 9.26 Å². The maximum absolute atomic E-state index is 3.51. The van der Waals surface area contributed by atoms with Gasteiger partial charge in [-0.15, -0.1) is 24.8 Å². The molecule has 2 unspecified atom stereocenters. The van der Waals surface area contributed by atoms with Crippen LogP contribution < -0.4 is 0 Å². The number of benzene rings is 2. The average Bonchev–Trinajstić information content (AvgIpc) is 3.36. The molecule has 4 rings (SSSR count). The Balaban J connectivity index is 0.00000267. The quantitative estimate of drug-likeness (QED) is 0.210. The van der Waals surface area contributed by atoms with Crippen molar-refractivity contribution in [3.05, 3.63) is 85.2 Å². The first kappa shape index (κ1) is 34.5. The second-order valence-corrected chi connectivity index (χ2v) is 42.2. The molecular formula is C35H52Cl2SiZr. The fourth-order valence-electron chi connectivity index (χ4n) is 8.12. The van der Waals surface area contributed by atoms with Crippen molar-refractivity contribution in [2.24, 2.45) is 5.92 Å². The van der Waals surface area contributed by atoms with Crippen molar-refractivity contribution in [2.45, 2.75) is 98.9 Å². The van der Waals surface area contributed by atoms with Gasteiger partial charge in [-0.05, 0) is 0 Å². The van der Waals surface area contributed by atoms with Crippen LogP contribution >= 0.6 is 24.8 Å². The van der Waals surface area contributed by atoms with Crippen LogP contribution in [0.4, 0.5) is 0 Å². The average molecular weight is 663 g/mol. The van der Waals surface area contributed by atoms with Gasteiger partial charge < -0.3 is 0 Å². The summed E-state index contributed by atoms with van der Waals surface area (Å²) in [5.74, 6) is 0.695. The Morgan fingerprint density at radius 1 is 0.744 bits per heavy atom. The summed E-state index contributed by atoms with van der Waals surface area (Å²) in [5.41, 5.74) is 12.9. The summed E-state index contributed by atoms with van der Waals surface area (Å²) >= 11 is -3.51. The van der Waals surface area contributed by atoms with E-state index in [9.17, 15) is 0 Å². The zero-order chi connectivity index (χ0) is 26.8. The molecule has 0 aliphatic heterocycles. The van der Waals surface area contributed by atoms with Crippen molar-refractivity contribution in [2.75, 3.05) is 0 Å². The van der Waals surface area contributed by atoms with E-state index < -0.39 is 17.4 Å². The molecule has 2 aromatic carbocycles. The number of allylic oxidation sites excluding steroid dienone is 5. The van der Waals surface area contributed by atoms with Crippen LogP contribution in [0.1, 0.15) is 101 Å². The minimum absolute atomic E-state index is 0. The Hall–Kier alpha value is -0.660. The first-order valence-electron chi connectivity index (χ1n) is 15.1. The Labute approximate surface area is 254 Å². The van der Waals surface area contributed by atoms with Crippen molar-refractivity contribution in [1.29, 1.82) is 0 Å².